The van der Waals surface area contributed by atoms with Crippen molar-refractivity contribution in [1.29, 1.82) is 0 Å². The number of hydrogen-bond acceptors (Lipinski definition) is 6. The summed E-state index contributed by atoms with van der Waals surface area (Å²) in [4.78, 5) is 22.3. The van der Waals surface area contributed by atoms with Crippen molar-refractivity contribution in [3.05, 3.63) is 57.6 Å². The molecular weight excluding hydrogens is 350 g/mol. The highest BCUT2D eigenvalue weighted by Crippen LogP contribution is 2.26. The first kappa shape index (κ1) is 18.4. The van der Waals surface area contributed by atoms with Crippen LogP contribution in [0.5, 0.6) is 5.75 Å². The number of nitrogens with one attached hydrogen (secondary N) is 1. The Kier molecular flexibility index (Phi) is 5.04. The van der Waals surface area contributed by atoms with E-state index in [0.717, 1.165) is 0 Å². The average Bonchev–Trinajstić information content (AvgIpc) is 2.53. The van der Waals surface area contributed by atoms with E-state index < -0.39 is 20.9 Å². The Hall–Kier alpha value is -2.98. The van der Waals surface area contributed by atoms with E-state index in [2.05, 4.69) is 5.32 Å². The second-order valence-corrected chi connectivity index (χ2v) is 6.65. The van der Waals surface area contributed by atoms with Gasteiger partial charge in [-0.15, -0.1) is 0 Å². The van der Waals surface area contributed by atoms with Crippen LogP contribution in [-0.4, -0.2) is 26.4 Å². The highest BCUT2D eigenvalue weighted by molar-refractivity contribution is 7.89. The number of benzene rings is 2. The summed E-state index contributed by atoms with van der Waals surface area (Å²) in [5.74, 6) is -0.504. The first-order valence-electron chi connectivity index (χ1n) is 6.90. The summed E-state index contributed by atoms with van der Waals surface area (Å²) >= 11 is 0. The van der Waals surface area contributed by atoms with E-state index in [1.165, 1.54) is 50.4 Å². The van der Waals surface area contributed by atoms with Gasteiger partial charge in [0.1, 0.15) is 10.6 Å². The van der Waals surface area contributed by atoms with Crippen LogP contribution in [0.4, 0.5) is 11.4 Å². The average molecular weight is 365 g/mol. The van der Waals surface area contributed by atoms with E-state index in [9.17, 15) is 23.3 Å². The molecule has 9 nitrogen and oxygen atoms in total. The third kappa shape index (κ3) is 4.11. The van der Waals surface area contributed by atoms with Crippen molar-refractivity contribution in [2.75, 3.05) is 12.4 Å². The molecule has 0 aliphatic rings. The third-order valence-electron chi connectivity index (χ3n) is 3.38. The minimum absolute atomic E-state index is 0.0479. The lowest BCUT2D eigenvalue weighted by atomic mass is 10.1. The molecule has 0 aromatic heterocycles. The molecule has 10 heteroatoms. The Labute approximate surface area is 143 Å². The number of aryl methyl sites for hydroxylation is 1. The van der Waals surface area contributed by atoms with Gasteiger partial charge < -0.3 is 10.1 Å². The van der Waals surface area contributed by atoms with Crippen LogP contribution in [0.25, 0.3) is 0 Å². The number of primary sulfonamides is 1. The van der Waals surface area contributed by atoms with Gasteiger partial charge in [-0.1, -0.05) is 0 Å². The van der Waals surface area contributed by atoms with Gasteiger partial charge in [-0.3, -0.25) is 14.9 Å². The van der Waals surface area contributed by atoms with Crippen LogP contribution in [0.2, 0.25) is 0 Å². The molecule has 0 aliphatic heterocycles. The predicted octanol–water partition coefficient (Wildman–Crippen LogP) is 1.81. The third-order valence-corrected chi connectivity index (χ3v) is 4.32. The first-order chi connectivity index (χ1) is 11.6. The number of rotatable bonds is 5. The minimum atomic E-state index is -4.04. The van der Waals surface area contributed by atoms with E-state index in [4.69, 9.17) is 9.88 Å². The summed E-state index contributed by atoms with van der Waals surface area (Å²) in [5, 5.41) is 18.4. The van der Waals surface area contributed by atoms with Gasteiger partial charge in [0.2, 0.25) is 10.0 Å². The molecule has 0 fully saturated rings. The second kappa shape index (κ2) is 6.87. The molecule has 2 aromatic carbocycles. The quantitative estimate of drug-likeness (QED) is 0.611. The fraction of sp³-hybridized carbons (Fsp3) is 0.133. The van der Waals surface area contributed by atoms with Crippen LogP contribution in [0.15, 0.2) is 41.3 Å². The molecule has 0 atom stereocenters. The van der Waals surface area contributed by atoms with Gasteiger partial charge in [-0.25, -0.2) is 13.6 Å². The molecule has 0 heterocycles. The number of anilines is 1. The topological polar surface area (TPSA) is 142 Å². The first-order valence-corrected chi connectivity index (χ1v) is 8.45. The van der Waals surface area contributed by atoms with Crippen molar-refractivity contribution in [2.45, 2.75) is 11.8 Å². The highest BCUT2D eigenvalue weighted by atomic mass is 32.2. The summed E-state index contributed by atoms with van der Waals surface area (Å²) in [6.07, 6.45) is 0. The lowest BCUT2D eigenvalue weighted by molar-refractivity contribution is -0.385. The van der Waals surface area contributed by atoms with Gasteiger partial charge in [0, 0.05) is 22.9 Å². The number of nitrogens with two attached hydrogens (primary N) is 1. The number of carbonyl (C=O) groups excluding carboxylic acids is 1. The van der Waals surface area contributed by atoms with Gasteiger partial charge in [0.15, 0.2) is 0 Å². The van der Waals surface area contributed by atoms with Gasteiger partial charge in [-0.05, 0) is 37.3 Å². The molecule has 0 aliphatic carbocycles. The van der Waals surface area contributed by atoms with Crippen LogP contribution in [0, 0.1) is 17.0 Å². The number of nitro groups is 1. The van der Waals surface area contributed by atoms with Crippen molar-refractivity contribution in [3.8, 4) is 5.75 Å². The second-order valence-electron chi connectivity index (χ2n) is 5.12. The molecule has 0 spiro atoms. The molecule has 1 amide bonds. The SMILES string of the molecule is COc1ccc(NC(=O)c2ccc([N+](=O)[O-])c(C)c2)cc1S(N)(=O)=O. The van der Waals surface area contributed by atoms with Gasteiger partial charge in [-0.2, -0.15) is 0 Å². The van der Waals surface area contributed by atoms with E-state index in [-0.39, 0.29) is 27.6 Å². The standard InChI is InChI=1S/C15H15N3O6S/c1-9-7-10(3-5-12(9)18(20)21)15(19)17-11-4-6-13(24-2)14(8-11)25(16,22)23/h3-8H,1-2H3,(H,17,19)(H2,16,22,23). The van der Waals surface area contributed by atoms with Crippen LogP contribution >= 0.6 is 0 Å². The zero-order valence-electron chi connectivity index (χ0n) is 13.3. The number of nitrogens with zero attached hydrogens (tertiary/aromatic N) is 1. The number of methoxy groups -OCH3 is 1. The summed E-state index contributed by atoms with van der Waals surface area (Å²) in [5.41, 5.74) is 0.608. The zero-order chi connectivity index (χ0) is 18.8. The number of nitro benzene ring substituents is 1. The molecule has 3 N–H and O–H groups in total. The molecule has 132 valence electrons. The van der Waals surface area contributed by atoms with Gasteiger partial charge >= 0.3 is 0 Å². The van der Waals surface area contributed by atoms with Crippen LogP contribution in [-0.2, 0) is 10.0 Å². The Bertz CT molecular complexity index is 956. The molecule has 0 saturated heterocycles. The predicted molar refractivity (Wildman–Crippen MR) is 90.2 cm³/mol. The fourth-order valence-corrected chi connectivity index (χ4v) is 2.90. The number of sulfonamides is 1. The molecule has 2 rings (SSSR count). The molecule has 0 radical (unpaired) electrons. The maximum Gasteiger partial charge on any atom is 0.272 e. The molecule has 2 aromatic rings. The zero-order valence-corrected chi connectivity index (χ0v) is 14.2. The van der Waals surface area contributed by atoms with Crippen molar-refractivity contribution in [3.63, 3.8) is 0 Å². The largest absolute Gasteiger partial charge is 0.495 e. The Balaban J connectivity index is 2.32. The summed E-state index contributed by atoms with van der Waals surface area (Å²) in [6, 6.07) is 7.89. The minimum Gasteiger partial charge on any atom is -0.495 e. The number of carbonyl (C=O) groups is 1. The summed E-state index contributed by atoms with van der Waals surface area (Å²) in [7, 11) is -2.75. The summed E-state index contributed by atoms with van der Waals surface area (Å²) in [6.45, 7) is 1.52. The Morgan fingerprint density at radius 3 is 2.44 bits per heavy atom. The van der Waals surface area contributed by atoms with E-state index >= 15 is 0 Å². The molecule has 0 bridgehead atoms. The molecule has 0 unspecified atom stereocenters. The van der Waals surface area contributed by atoms with Gasteiger partial charge in [0.25, 0.3) is 11.6 Å². The molecule has 0 saturated carbocycles. The lowest BCUT2D eigenvalue weighted by Crippen LogP contribution is -2.16. The van der Waals surface area contributed by atoms with E-state index in [1.807, 2.05) is 0 Å². The van der Waals surface area contributed by atoms with Crippen molar-refractivity contribution < 1.29 is 22.9 Å². The van der Waals surface area contributed by atoms with Crippen molar-refractivity contribution in [2.24, 2.45) is 5.14 Å². The lowest BCUT2D eigenvalue weighted by Gasteiger charge is -2.10. The number of ether oxygens (including phenoxy) is 1. The Morgan fingerprint density at radius 2 is 1.92 bits per heavy atom. The van der Waals surface area contributed by atoms with Gasteiger partial charge in [0.05, 0.1) is 12.0 Å². The van der Waals surface area contributed by atoms with Crippen molar-refractivity contribution >= 4 is 27.3 Å². The normalized spacial score (nSPS) is 11.0. The van der Waals surface area contributed by atoms with Crippen LogP contribution in [0.1, 0.15) is 15.9 Å². The van der Waals surface area contributed by atoms with E-state index in [1.54, 1.807) is 0 Å². The smallest absolute Gasteiger partial charge is 0.272 e. The maximum atomic E-state index is 12.3. The van der Waals surface area contributed by atoms with Crippen molar-refractivity contribution in [1.82, 2.24) is 0 Å². The fourth-order valence-electron chi connectivity index (χ4n) is 2.18. The maximum absolute atomic E-state index is 12.3. The highest BCUT2D eigenvalue weighted by Gasteiger charge is 2.18. The Morgan fingerprint density at radius 1 is 1.24 bits per heavy atom. The van der Waals surface area contributed by atoms with Crippen LogP contribution in [0.3, 0.4) is 0 Å². The van der Waals surface area contributed by atoms with Crippen LogP contribution < -0.4 is 15.2 Å². The number of hydrogen-bond donors (Lipinski definition) is 2. The molecule has 25 heavy (non-hydrogen) atoms. The number of amides is 1. The summed E-state index contributed by atoms with van der Waals surface area (Å²) < 4.78 is 28.1. The molecular formula is C15H15N3O6S. The monoisotopic (exact) mass is 365 g/mol. The van der Waals surface area contributed by atoms with E-state index in [0.29, 0.717) is 5.56 Å².